The lowest BCUT2D eigenvalue weighted by atomic mass is 10.0. The lowest BCUT2D eigenvalue weighted by Crippen LogP contribution is -2.45. The number of rotatable bonds is 43. The van der Waals surface area contributed by atoms with E-state index in [0.29, 0.717) is 12.8 Å². The molecule has 4 nitrogen and oxygen atoms in total. The smallest absolute Gasteiger partial charge is 0.220 e. The fraction of sp³-hybridized carbons (Fsp3) is 0.936. The van der Waals surface area contributed by atoms with E-state index in [4.69, 9.17) is 0 Å². The molecule has 0 bridgehead atoms. The van der Waals surface area contributed by atoms with Gasteiger partial charge >= 0.3 is 0 Å². The molecule has 0 aromatic carbocycles. The summed E-state index contributed by atoms with van der Waals surface area (Å²) in [5.41, 5.74) is 0. The van der Waals surface area contributed by atoms with Crippen LogP contribution in [0, 0.1) is 0 Å². The zero-order valence-electron chi connectivity index (χ0n) is 34.9. The van der Waals surface area contributed by atoms with E-state index in [-0.39, 0.29) is 12.5 Å². The third-order valence-electron chi connectivity index (χ3n) is 11.0. The van der Waals surface area contributed by atoms with Crippen molar-refractivity contribution < 1.29 is 15.0 Å². The number of carbonyl (C=O) groups is 1. The zero-order valence-corrected chi connectivity index (χ0v) is 34.9. The topological polar surface area (TPSA) is 69.6 Å². The van der Waals surface area contributed by atoms with Crippen molar-refractivity contribution in [1.82, 2.24) is 5.32 Å². The number of nitrogens with one attached hydrogen (secondary N) is 1. The standard InChI is InChI=1S/C47H93NO3/c1-3-5-7-9-11-13-15-17-19-20-21-22-23-24-25-26-27-29-30-32-34-36-38-40-42-46(50)45(44-49)48-47(51)43-41-39-37-35-33-31-28-18-16-14-12-10-8-6-4-2/h14,16,45-46,49-50H,3-13,15,17-44H2,1-2H3,(H,48,51)/b16-14-. The largest absolute Gasteiger partial charge is 0.394 e. The molecule has 4 heteroatoms. The van der Waals surface area contributed by atoms with Crippen molar-refractivity contribution in [3.05, 3.63) is 12.2 Å². The summed E-state index contributed by atoms with van der Waals surface area (Å²) in [4.78, 5) is 12.4. The van der Waals surface area contributed by atoms with Gasteiger partial charge in [0.05, 0.1) is 18.8 Å². The van der Waals surface area contributed by atoms with Crippen molar-refractivity contribution >= 4 is 5.91 Å². The van der Waals surface area contributed by atoms with E-state index in [1.165, 1.54) is 212 Å². The number of hydrogen-bond donors (Lipinski definition) is 3. The molecule has 0 radical (unpaired) electrons. The van der Waals surface area contributed by atoms with Crippen molar-refractivity contribution in [1.29, 1.82) is 0 Å². The van der Waals surface area contributed by atoms with E-state index < -0.39 is 12.1 Å². The molecule has 0 spiro atoms. The van der Waals surface area contributed by atoms with Crippen molar-refractivity contribution in [2.24, 2.45) is 0 Å². The maximum Gasteiger partial charge on any atom is 0.220 e. The summed E-state index contributed by atoms with van der Waals surface area (Å²) < 4.78 is 0. The molecule has 0 rings (SSSR count). The first-order valence-electron chi connectivity index (χ1n) is 23.4. The number of allylic oxidation sites excluding steroid dienone is 2. The average molecular weight is 720 g/mol. The quantitative estimate of drug-likeness (QED) is 0.0434. The normalized spacial score (nSPS) is 12.9. The molecule has 3 N–H and O–H groups in total. The van der Waals surface area contributed by atoms with E-state index >= 15 is 0 Å². The molecule has 304 valence electrons. The maximum atomic E-state index is 12.4. The Morgan fingerprint density at radius 2 is 0.745 bits per heavy atom. The van der Waals surface area contributed by atoms with Crippen molar-refractivity contribution in [2.75, 3.05) is 6.61 Å². The monoisotopic (exact) mass is 720 g/mol. The highest BCUT2D eigenvalue weighted by Gasteiger charge is 2.20. The molecule has 0 aromatic heterocycles. The summed E-state index contributed by atoms with van der Waals surface area (Å²) >= 11 is 0. The second-order valence-corrected chi connectivity index (χ2v) is 16.2. The summed E-state index contributed by atoms with van der Waals surface area (Å²) in [7, 11) is 0. The number of amides is 1. The first kappa shape index (κ1) is 50.1. The highest BCUT2D eigenvalue weighted by molar-refractivity contribution is 5.76. The molecule has 0 aliphatic heterocycles. The van der Waals surface area contributed by atoms with Crippen molar-refractivity contribution in [3.8, 4) is 0 Å². The van der Waals surface area contributed by atoms with E-state index in [9.17, 15) is 15.0 Å². The number of hydrogen-bond acceptors (Lipinski definition) is 3. The summed E-state index contributed by atoms with van der Waals surface area (Å²) in [6, 6.07) is -0.535. The number of carbonyl (C=O) groups excluding carboxylic acids is 1. The Morgan fingerprint density at radius 3 is 1.10 bits per heavy atom. The van der Waals surface area contributed by atoms with Gasteiger partial charge in [-0.1, -0.05) is 231 Å². The second-order valence-electron chi connectivity index (χ2n) is 16.2. The maximum absolute atomic E-state index is 12.4. The van der Waals surface area contributed by atoms with Gasteiger partial charge in [0, 0.05) is 6.42 Å². The van der Waals surface area contributed by atoms with Gasteiger partial charge in [0.2, 0.25) is 5.91 Å². The van der Waals surface area contributed by atoms with Crippen LogP contribution < -0.4 is 5.32 Å². The van der Waals surface area contributed by atoms with E-state index in [2.05, 4.69) is 31.3 Å². The van der Waals surface area contributed by atoms with Crippen LogP contribution in [0.4, 0.5) is 0 Å². The molecule has 0 aliphatic carbocycles. The summed E-state index contributed by atoms with van der Waals surface area (Å²) in [5, 5.41) is 23.2. The Kier molecular flexibility index (Phi) is 42.8. The Labute approximate surface area is 320 Å². The van der Waals surface area contributed by atoms with E-state index in [1.54, 1.807) is 0 Å². The Hall–Kier alpha value is -0.870. The third-order valence-corrected chi connectivity index (χ3v) is 11.0. The van der Waals surface area contributed by atoms with Gasteiger partial charge in [-0.2, -0.15) is 0 Å². The van der Waals surface area contributed by atoms with Crippen LogP contribution in [-0.4, -0.2) is 34.9 Å². The van der Waals surface area contributed by atoms with Gasteiger partial charge < -0.3 is 15.5 Å². The van der Waals surface area contributed by atoms with Crippen LogP contribution in [0.5, 0.6) is 0 Å². The summed E-state index contributed by atoms with van der Waals surface area (Å²) in [5.74, 6) is -0.0332. The third kappa shape index (κ3) is 40.2. The lowest BCUT2D eigenvalue weighted by molar-refractivity contribution is -0.123. The molecule has 0 saturated carbocycles. The van der Waals surface area contributed by atoms with Crippen LogP contribution in [0.15, 0.2) is 12.2 Å². The van der Waals surface area contributed by atoms with Gasteiger partial charge in [-0.25, -0.2) is 0 Å². The molecule has 0 aromatic rings. The highest BCUT2D eigenvalue weighted by atomic mass is 16.3. The molecular weight excluding hydrogens is 627 g/mol. The summed E-state index contributed by atoms with van der Waals surface area (Å²) in [6.07, 6.45) is 54.4. The van der Waals surface area contributed by atoms with Gasteiger partial charge in [0.25, 0.3) is 0 Å². The minimum Gasteiger partial charge on any atom is -0.394 e. The van der Waals surface area contributed by atoms with Crippen LogP contribution in [0.2, 0.25) is 0 Å². The SMILES string of the molecule is CCCCCC/C=C\CCCCCCCCCC(=O)NC(CO)C(O)CCCCCCCCCCCCCCCCCCCCCCCCCC. The van der Waals surface area contributed by atoms with E-state index in [1.807, 2.05) is 0 Å². The second kappa shape index (κ2) is 43.5. The molecule has 1 amide bonds. The molecule has 0 heterocycles. The van der Waals surface area contributed by atoms with Gasteiger partial charge in [-0.05, 0) is 38.5 Å². The fourth-order valence-electron chi connectivity index (χ4n) is 7.42. The van der Waals surface area contributed by atoms with Crippen LogP contribution >= 0.6 is 0 Å². The predicted octanol–water partition coefficient (Wildman–Crippen LogP) is 14.6. The molecule has 2 atom stereocenters. The zero-order chi connectivity index (χ0) is 37.1. The Balaban J connectivity index is 3.45. The summed E-state index contributed by atoms with van der Waals surface area (Å²) in [6.45, 7) is 4.36. The highest BCUT2D eigenvalue weighted by Crippen LogP contribution is 2.17. The van der Waals surface area contributed by atoms with Gasteiger partial charge in [0.1, 0.15) is 0 Å². The molecule has 51 heavy (non-hydrogen) atoms. The number of unbranched alkanes of at least 4 members (excludes halogenated alkanes) is 34. The minimum absolute atomic E-state index is 0.0332. The number of aliphatic hydroxyl groups excluding tert-OH is 2. The van der Waals surface area contributed by atoms with Crippen LogP contribution in [-0.2, 0) is 4.79 Å². The molecule has 0 fully saturated rings. The molecule has 0 aliphatic rings. The lowest BCUT2D eigenvalue weighted by Gasteiger charge is -2.22. The molecule has 0 saturated heterocycles. The van der Waals surface area contributed by atoms with Crippen molar-refractivity contribution in [3.63, 3.8) is 0 Å². The fourth-order valence-corrected chi connectivity index (χ4v) is 7.42. The molecule has 2 unspecified atom stereocenters. The van der Waals surface area contributed by atoms with Gasteiger partial charge in [-0.3, -0.25) is 4.79 Å². The minimum atomic E-state index is -0.658. The Morgan fingerprint density at radius 1 is 0.451 bits per heavy atom. The van der Waals surface area contributed by atoms with Crippen LogP contribution in [0.1, 0.15) is 264 Å². The van der Waals surface area contributed by atoms with Crippen LogP contribution in [0.3, 0.4) is 0 Å². The Bertz CT molecular complexity index is 695. The van der Waals surface area contributed by atoms with Crippen molar-refractivity contribution in [2.45, 2.75) is 276 Å². The average Bonchev–Trinajstić information content (AvgIpc) is 3.13. The van der Waals surface area contributed by atoms with Gasteiger partial charge in [0.15, 0.2) is 0 Å². The molecular formula is C47H93NO3. The first-order chi connectivity index (χ1) is 25.2. The first-order valence-corrected chi connectivity index (χ1v) is 23.4. The van der Waals surface area contributed by atoms with Gasteiger partial charge in [-0.15, -0.1) is 0 Å². The predicted molar refractivity (Wildman–Crippen MR) is 226 cm³/mol. The van der Waals surface area contributed by atoms with Crippen LogP contribution in [0.25, 0.3) is 0 Å². The van der Waals surface area contributed by atoms with E-state index in [0.717, 1.165) is 25.7 Å². The number of aliphatic hydroxyl groups is 2.